The number of carbonyl (C=O) groups is 1. The number of nitrogens with zero attached hydrogens (tertiary/aromatic N) is 1. The van der Waals surface area contributed by atoms with Crippen LogP contribution in [0.1, 0.15) is 23.7 Å². The predicted octanol–water partition coefficient (Wildman–Crippen LogP) is 2.19. The van der Waals surface area contributed by atoms with E-state index >= 15 is 0 Å². The minimum absolute atomic E-state index is 0. The van der Waals surface area contributed by atoms with Crippen LogP contribution in [-0.2, 0) is 4.74 Å². The summed E-state index contributed by atoms with van der Waals surface area (Å²) in [6, 6.07) is 7.24. The Hall–Kier alpha value is -1.26. The molecule has 1 aliphatic rings. The third kappa shape index (κ3) is 3.85. The number of ether oxygens (including phenoxy) is 1. The van der Waals surface area contributed by atoms with Crippen molar-refractivity contribution >= 4 is 24.0 Å². The first-order chi connectivity index (χ1) is 8.72. The van der Waals surface area contributed by atoms with E-state index in [9.17, 15) is 4.79 Å². The van der Waals surface area contributed by atoms with Gasteiger partial charge in [-0.05, 0) is 25.5 Å². The number of likely N-dealkylation sites (tertiary alicyclic amines) is 1. The zero-order valence-electron chi connectivity index (χ0n) is 11.2. The first kappa shape index (κ1) is 15.8. The van der Waals surface area contributed by atoms with Crippen molar-refractivity contribution in [2.24, 2.45) is 5.92 Å². The number of benzene rings is 1. The molecule has 0 aliphatic carbocycles. The molecule has 1 heterocycles. The van der Waals surface area contributed by atoms with Gasteiger partial charge in [0.05, 0.1) is 12.2 Å². The molecule has 4 nitrogen and oxygen atoms in total. The van der Waals surface area contributed by atoms with E-state index in [0.29, 0.717) is 17.2 Å². The van der Waals surface area contributed by atoms with Crippen LogP contribution in [0.2, 0.25) is 0 Å². The third-order valence-corrected chi connectivity index (χ3v) is 3.32. The lowest BCUT2D eigenvalue weighted by atomic mass is 10.1. The van der Waals surface area contributed by atoms with Crippen LogP contribution >= 0.6 is 12.4 Å². The van der Waals surface area contributed by atoms with Gasteiger partial charge in [0.1, 0.15) is 0 Å². The van der Waals surface area contributed by atoms with Crippen molar-refractivity contribution in [1.29, 1.82) is 0 Å². The number of carbonyl (C=O) groups excluding carboxylic acids is 1. The summed E-state index contributed by atoms with van der Waals surface area (Å²) in [6.45, 7) is 5.03. The molecule has 1 aromatic carbocycles. The Balaban J connectivity index is 0.00000180. The smallest absolute Gasteiger partial charge is 0.255 e. The fraction of sp³-hybridized carbons (Fsp3) is 0.500. The summed E-state index contributed by atoms with van der Waals surface area (Å²) in [5.74, 6) is 0.492. The monoisotopic (exact) mass is 284 g/mol. The van der Waals surface area contributed by atoms with Crippen molar-refractivity contribution in [2.45, 2.75) is 13.3 Å². The van der Waals surface area contributed by atoms with Crippen LogP contribution in [-0.4, -0.2) is 37.1 Å². The number of rotatable bonds is 4. The van der Waals surface area contributed by atoms with Gasteiger partial charge in [0.25, 0.3) is 5.91 Å². The quantitative estimate of drug-likeness (QED) is 0.863. The van der Waals surface area contributed by atoms with Crippen LogP contribution in [0.4, 0.5) is 5.69 Å². The lowest BCUT2D eigenvalue weighted by Crippen LogP contribution is -2.29. The molecule has 1 aromatic rings. The Kier molecular flexibility index (Phi) is 6.12. The highest BCUT2D eigenvalue weighted by molar-refractivity contribution is 5.99. The second-order valence-corrected chi connectivity index (χ2v) is 4.65. The Morgan fingerprint density at radius 1 is 1.47 bits per heavy atom. The maximum atomic E-state index is 12.3. The number of anilines is 1. The standard InChI is InChI=1S/C14H20N2O2.ClH/c1-2-18-10-11-7-8-16(9-11)14(17)12-5-3-4-6-13(12)15;/h3-6,11H,2,7-10,15H2,1H3;1H. The Morgan fingerprint density at radius 2 is 2.21 bits per heavy atom. The van der Waals surface area contributed by atoms with Crippen molar-refractivity contribution in [2.75, 3.05) is 32.0 Å². The van der Waals surface area contributed by atoms with Crippen LogP contribution in [0.15, 0.2) is 24.3 Å². The van der Waals surface area contributed by atoms with Gasteiger partial charge >= 0.3 is 0 Å². The molecule has 0 aromatic heterocycles. The van der Waals surface area contributed by atoms with Gasteiger partial charge < -0.3 is 15.4 Å². The van der Waals surface area contributed by atoms with Crippen molar-refractivity contribution in [3.05, 3.63) is 29.8 Å². The third-order valence-electron chi connectivity index (χ3n) is 3.32. The summed E-state index contributed by atoms with van der Waals surface area (Å²) in [4.78, 5) is 14.2. The summed E-state index contributed by atoms with van der Waals surface area (Å²) >= 11 is 0. The van der Waals surface area contributed by atoms with E-state index in [4.69, 9.17) is 10.5 Å². The molecule has 0 spiro atoms. The summed E-state index contributed by atoms with van der Waals surface area (Å²) in [5.41, 5.74) is 6.99. The number of para-hydroxylation sites is 1. The molecule has 1 amide bonds. The number of halogens is 1. The lowest BCUT2D eigenvalue weighted by molar-refractivity contribution is 0.0764. The summed E-state index contributed by atoms with van der Waals surface area (Å²) < 4.78 is 5.41. The minimum Gasteiger partial charge on any atom is -0.398 e. The average molecular weight is 285 g/mol. The maximum Gasteiger partial charge on any atom is 0.255 e. The second kappa shape index (κ2) is 7.36. The van der Waals surface area contributed by atoms with E-state index < -0.39 is 0 Å². The molecule has 2 rings (SSSR count). The number of nitrogen functional groups attached to an aromatic ring is 1. The Bertz CT molecular complexity index is 426. The van der Waals surface area contributed by atoms with Crippen LogP contribution in [0.3, 0.4) is 0 Å². The van der Waals surface area contributed by atoms with Crippen LogP contribution < -0.4 is 5.73 Å². The largest absolute Gasteiger partial charge is 0.398 e. The zero-order chi connectivity index (χ0) is 13.0. The molecule has 1 fully saturated rings. The Morgan fingerprint density at radius 3 is 2.89 bits per heavy atom. The lowest BCUT2D eigenvalue weighted by Gasteiger charge is -2.17. The zero-order valence-corrected chi connectivity index (χ0v) is 12.0. The van der Waals surface area contributed by atoms with Crippen molar-refractivity contribution < 1.29 is 9.53 Å². The van der Waals surface area contributed by atoms with E-state index in [0.717, 1.165) is 32.7 Å². The Labute approximate surface area is 120 Å². The van der Waals surface area contributed by atoms with Crippen LogP contribution in [0.5, 0.6) is 0 Å². The normalized spacial score (nSPS) is 18.2. The highest BCUT2D eigenvalue weighted by Gasteiger charge is 2.27. The minimum atomic E-state index is 0. The summed E-state index contributed by atoms with van der Waals surface area (Å²) in [5, 5.41) is 0. The molecule has 1 saturated heterocycles. The summed E-state index contributed by atoms with van der Waals surface area (Å²) in [7, 11) is 0. The van der Waals surface area contributed by atoms with Crippen LogP contribution in [0.25, 0.3) is 0 Å². The van der Waals surface area contributed by atoms with Gasteiger partial charge in [0, 0.05) is 31.3 Å². The molecule has 19 heavy (non-hydrogen) atoms. The molecule has 1 atom stereocenters. The van der Waals surface area contributed by atoms with E-state index in [1.165, 1.54) is 0 Å². The van der Waals surface area contributed by atoms with Crippen LogP contribution in [0, 0.1) is 5.92 Å². The van der Waals surface area contributed by atoms with E-state index in [1.54, 1.807) is 12.1 Å². The predicted molar refractivity (Wildman–Crippen MR) is 78.6 cm³/mol. The first-order valence-corrected chi connectivity index (χ1v) is 6.44. The fourth-order valence-corrected chi connectivity index (χ4v) is 2.30. The number of nitrogens with two attached hydrogens (primary N) is 1. The molecule has 0 saturated carbocycles. The van der Waals surface area contributed by atoms with Gasteiger partial charge in [-0.1, -0.05) is 12.1 Å². The topological polar surface area (TPSA) is 55.6 Å². The molecule has 1 aliphatic heterocycles. The first-order valence-electron chi connectivity index (χ1n) is 6.44. The highest BCUT2D eigenvalue weighted by atomic mass is 35.5. The van der Waals surface area contributed by atoms with Crippen molar-refractivity contribution in [3.8, 4) is 0 Å². The van der Waals surface area contributed by atoms with Crippen molar-refractivity contribution in [1.82, 2.24) is 4.90 Å². The number of hydrogen-bond donors (Lipinski definition) is 1. The summed E-state index contributed by atoms with van der Waals surface area (Å²) in [6.07, 6.45) is 1.01. The molecule has 106 valence electrons. The molecule has 2 N–H and O–H groups in total. The second-order valence-electron chi connectivity index (χ2n) is 4.65. The molecule has 0 bridgehead atoms. The van der Waals surface area contributed by atoms with Gasteiger partial charge in [0.15, 0.2) is 0 Å². The fourth-order valence-electron chi connectivity index (χ4n) is 2.30. The van der Waals surface area contributed by atoms with Gasteiger partial charge in [0.2, 0.25) is 0 Å². The van der Waals surface area contributed by atoms with E-state index in [-0.39, 0.29) is 18.3 Å². The average Bonchev–Trinajstić information content (AvgIpc) is 2.85. The number of hydrogen-bond acceptors (Lipinski definition) is 3. The molecule has 1 unspecified atom stereocenters. The van der Waals surface area contributed by atoms with Gasteiger partial charge in [-0.3, -0.25) is 4.79 Å². The van der Waals surface area contributed by atoms with Gasteiger partial charge in [-0.15, -0.1) is 12.4 Å². The van der Waals surface area contributed by atoms with E-state index in [2.05, 4.69) is 0 Å². The van der Waals surface area contributed by atoms with Gasteiger partial charge in [-0.2, -0.15) is 0 Å². The molecule has 0 radical (unpaired) electrons. The highest BCUT2D eigenvalue weighted by Crippen LogP contribution is 2.21. The van der Waals surface area contributed by atoms with Crippen molar-refractivity contribution in [3.63, 3.8) is 0 Å². The molecule has 5 heteroatoms. The number of amides is 1. The SMILES string of the molecule is CCOCC1CCN(C(=O)c2ccccc2N)C1.Cl. The molecular formula is C14H21ClN2O2. The maximum absolute atomic E-state index is 12.3. The van der Waals surface area contributed by atoms with Gasteiger partial charge in [-0.25, -0.2) is 0 Å². The molecular weight excluding hydrogens is 264 g/mol. The van der Waals surface area contributed by atoms with E-state index in [1.807, 2.05) is 24.0 Å².